The van der Waals surface area contributed by atoms with E-state index < -0.39 is 0 Å². The van der Waals surface area contributed by atoms with E-state index >= 15 is 0 Å². The van der Waals surface area contributed by atoms with Crippen LogP contribution in [0.2, 0.25) is 0 Å². The Morgan fingerprint density at radius 1 is 0.731 bits per heavy atom. The van der Waals surface area contributed by atoms with Gasteiger partial charge in [0.05, 0.1) is 10.5 Å². The number of rotatable bonds is 2. The molecule has 1 heterocycles. The summed E-state index contributed by atoms with van der Waals surface area (Å²) in [4.78, 5) is 11.5. The molecule has 0 N–H and O–H groups in total. The van der Waals surface area contributed by atoms with Crippen molar-refractivity contribution in [3.05, 3.63) is 89.0 Å². The van der Waals surface area contributed by atoms with E-state index in [-0.39, 0.29) is 10.6 Å². The van der Waals surface area contributed by atoms with Crippen molar-refractivity contribution in [3.63, 3.8) is 0 Å². The van der Waals surface area contributed by atoms with E-state index in [1.807, 2.05) is 54.6 Å². The van der Waals surface area contributed by atoms with E-state index in [1.165, 1.54) is 4.70 Å². The molecule has 0 aliphatic heterocycles. The topological polar surface area (TPSA) is 43.1 Å². The lowest BCUT2D eigenvalue weighted by molar-refractivity contribution is -0.384. The molecule has 0 unspecified atom stereocenters. The molecular formula is C22H13NO2S. The van der Waals surface area contributed by atoms with Gasteiger partial charge in [-0.2, -0.15) is 0 Å². The monoisotopic (exact) mass is 355 g/mol. The second-order valence-corrected chi connectivity index (χ2v) is 7.30. The minimum absolute atomic E-state index is 0.145. The van der Waals surface area contributed by atoms with Gasteiger partial charge < -0.3 is 0 Å². The largest absolute Gasteiger partial charge is 0.277 e. The van der Waals surface area contributed by atoms with Gasteiger partial charge in [0.2, 0.25) is 0 Å². The number of hydrogen-bond acceptors (Lipinski definition) is 3. The van der Waals surface area contributed by atoms with Gasteiger partial charge in [-0.15, -0.1) is 11.3 Å². The highest BCUT2D eigenvalue weighted by molar-refractivity contribution is 7.25. The highest BCUT2D eigenvalue weighted by Gasteiger charge is 2.21. The highest BCUT2D eigenvalue weighted by atomic mass is 32.1. The average Bonchev–Trinajstić information content (AvgIpc) is 3.05. The fourth-order valence-corrected chi connectivity index (χ4v) is 4.81. The third-order valence-electron chi connectivity index (χ3n) is 4.78. The smallest absolute Gasteiger partial charge is 0.258 e. The van der Waals surface area contributed by atoms with Crippen molar-refractivity contribution in [2.45, 2.75) is 0 Å². The lowest BCUT2D eigenvalue weighted by atomic mass is 9.93. The quantitative estimate of drug-likeness (QED) is 0.259. The molecule has 3 nitrogen and oxygen atoms in total. The van der Waals surface area contributed by atoms with Gasteiger partial charge in [0.15, 0.2) is 0 Å². The molecule has 0 saturated carbocycles. The molecule has 0 spiro atoms. The number of nitrogens with zero attached hydrogens (tertiary/aromatic N) is 1. The van der Waals surface area contributed by atoms with Crippen LogP contribution in [0.5, 0.6) is 0 Å². The Kier molecular flexibility index (Phi) is 3.27. The first-order valence-corrected chi connectivity index (χ1v) is 9.12. The Morgan fingerprint density at radius 2 is 1.46 bits per heavy atom. The standard InChI is InChI=1S/C22H13NO2S/c24-23(25)18-13-12-14-6-1-2-7-15(14)21(18)17-9-5-11-20-22(17)16-8-3-4-10-19(16)26-20/h1-13H. The van der Waals surface area contributed by atoms with Gasteiger partial charge in [0, 0.05) is 26.2 Å². The van der Waals surface area contributed by atoms with Crippen LogP contribution in [-0.4, -0.2) is 4.92 Å². The van der Waals surface area contributed by atoms with Gasteiger partial charge >= 0.3 is 0 Å². The van der Waals surface area contributed by atoms with Gasteiger partial charge in [-0.1, -0.05) is 54.6 Å². The third kappa shape index (κ3) is 2.13. The van der Waals surface area contributed by atoms with Gasteiger partial charge in [-0.05, 0) is 34.5 Å². The summed E-state index contributed by atoms with van der Waals surface area (Å²) >= 11 is 1.72. The zero-order chi connectivity index (χ0) is 17.7. The van der Waals surface area contributed by atoms with Crippen LogP contribution in [0.1, 0.15) is 0 Å². The molecule has 0 amide bonds. The molecule has 0 fully saturated rings. The molecule has 1 aromatic heterocycles. The SMILES string of the molecule is O=[N+]([O-])c1ccc2ccccc2c1-c1cccc2sc3ccccc3c12. The van der Waals surface area contributed by atoms with Crippen LogP contribution in [0.15, 0.2) is 78.9 Å². The minimum Gasteiger partial charge on any atom is -0.258 e. The van der Waals surface area contributed by atoms with Crippen LogP contribution in [0.4, 0.5) is 5.69 Å². The number of fused-ring (bicyclic) bond motifs is 4. The van der Waals surface area contributed by atoms with E-state index in [2.05, 4.69) is 18.2 Å². The Labute approximate surface area is 153 Å². The molecule has 0 atom stereocenters. The Morgan fingerprint density at radius 3 is 2.31 bits per heavy atom. The van der Waals surface area contributed by atoms with E-state index in [4.69, 9.17) is 0 Å². The van der Waals surface area contributed by atoms with Crippen LogP contribution in [0.3, 0.4) is 0 Å². The van der Waals surface area contributed by atoms with Crippen molar-refractivity contribution in [3.8, 4) is 11.1 Å². The summed E-state index contributed by atoms with van der Waals surface area (Å²) in [5.74, 6) is 0. The van der Waals surface area contributed by atoms with Gasteiger partial charge in [0.25, 0.3) is 5.69 Å². The van der Waals surface area contributed by atoms with E-state index in [9.17, 15) is 10.1 Å². The molecule has 0 aliphatic carbocycles. The van der Waals surface area contributed by atoms with Crippen molar-refractivity contribution >= 4 is 48.0 Å². The predicted octanol–water partition coefficient (Wildman–Crippen LogP) is 6.78. The first kappa shape index (κ1) is 15.0. The fourth-order valence-electron chi connectivity index (χ4n) is 3.68. The third-order valence-corrected chi connectivity index (χ3v) is 5.91. The lowest BCUT2D eigenvalue weighted by Crippen LogP contribution is -1.93. The maximum atomic E-state index is 11.8. The van der Waals surface area contributed by atoms with Crippen LogP contribution in [0, 0.1) is 10.1 Å². The molecule has 124 valence electrons. The Hall–Kier alpha value is -3.24. The molecule has 0 bridgehead atoms. The van der Waals surface area contributed by atoms with Gasteiger partial charge in [-0.25, -0.2) is 0 Å². The van der Waals surface area contributed by atoms with Crippen LogP contribution < -0.4 is 0 Å². The zero-order valence-corrected chi connectivity index (χ0v) is 14.5. The van der Waals surface area contributed by atoms with Crippen molar-refractivity contribution in [1.82, 2.24) is 0 Å². The van der Waals surface area contributed by atoms with Gasteiger partial charge in [-0.3, -0.25) is 10.1 Å². The summed E-state index contributed by atoms with van der Waals surface area (Å²) in [5.41, 5.74) is 1.76. The molecule has 5 rings (SSSR count). The Balaban J connectivity index is 2.01. The number of hydrogen-bond donors (Lipinski definition) is 0. The predicted molar refractivity (Wildman–Crippen MR) is 109 cm³/mol. The number of thiophene rings is 1. The molecule has 0 saturated heterocycles. The number of nitro groups is 1. The minimum atomic E-state index is -0.283. The first-order chi connectivity index (χ1) is 12.7. The fraction of sp³-hybridized carbons (Fsp3) is 0. The van der Waals surface area contributed by atoms with Crippen molar-refractivity contribution < 1.29 is 4.92 Å². The molecule has 26 heavy (non-hydrogen) atoms. The number of nitro benzene ring substituents is 1. The summed E-state index contributed by atoms with van der Waals surface area (Å²) < 4.78 is 2.34. The summed E-state index contributed by atoms with van der Waals surface area (Å²) in [7, 11) is 0. The summed E-state index contributed by atoms with van der Waals surface area (Å²) in [6.07, 6.45) is 0. The summed E-state index contributed by atoms with van der Waals surface area (Å²) in [6, 6.07) is 25.6. The lowest BCUT2D eigenvalue weighted by Gasteiger charge is -2.10. The summed E-state index contributed by atoms with van der Waals surface area (Å²) in [6.45, 7) is 0. The molecule has 5 aromatic rings. The van der Waals surface area contributed by atoms with Crippen molar-refractivity contribution in [2.75, 3.05) is 0 Å². The highest BCUT2D eigenvalue weighted by Crippen LogP contribution is 2.44. The van der Waals surface area contributed by atoms with Crippen LogP contribution in [0.25, 0.3) is 42.1 Å². The molecular weight excluding hydrogens is 342 g/mol. The molecule has 4 heteroatoms. The van der Waals surface area contributed by atoms with E-state index in [1.54, 1.807) is 17.4 Å². The van der Waals surface area contributed by atoms with E-state index in [0.29, 0.717) is 5.56 Å². The van der Waals surface area contributed by atoms with Crippen LogP contribution >= 0.6 is 11.3 Å². The van der Waals surface area contributed by atoms with Crippen LogP contribution in [-0.2, 0) is 0 Å². The van der Waals surface area contributed by atoms with Gasteiger partial charge in [0.1, 0.15) is 0 Å². The summed E-state index contributed by atoms with van der Waals surface area (Å²) in [5, 5.41) is 15.9. The maximum Gasteiger partial charge on any atom is 0.277 e. The Bertz CT molecular complexity index is 1320. The molecule has 0 aliphatic rings. The van der Waals surface area contributed by atoms with Crippen molar-refractivity contribution in [1.29, 1.82) is 0 Å². The molecule has 4 aromatic carbocycles. The van der Waals surface area contributed by atoms with E-state index in [0.717, 1.165) is 31.8 Å². The first-order valence-electron chi connectivity index (χ1n) is 8.31. The maximum absolute atomic E-state index is 11.8. The second kappa shape index (κ2) is 5.64. The molecule has 0 radical (unpaired) electrons. The average molecular weight is 355 g/mol. The second-order valence-electron chi connectivity index (χ2n) is 6.21. The van der Waals surface area contributed by atoms with Crippen molar-refractivity contribution in [2.24, 2.45) is 0 Å². The number of benzene rings is 4. The zero-order valence-electron chi connectivity index (χ0n) is 13.7. The normalized spacial score (nSPS) is 11.4.